The second-order valence-corrected chi connectivity index (χ2v) is 2.80. The molecule has 0 saturated carbocycles. The van der Waals surface area contributed by atoms with Crippen molar-refractivity contribution >= 4 is 28.8 Å². The van der Waals surface area contributed by atoms with E-state index in [0.717, 1.165) is 5.39 Å². The summed E-state index contributed by atoms with van der Waals surface area (Å²) in [7, 11) is 0. The van der Waals surface area contributed by atoms with Gasteiger partial charge in [0.15, 0.2) is 6.29 Å². The lowest BCUT2D eigenvalue weighted by Crippen LogP contribution is -1.77. The van der Waals surface area contributed by atoms with Crippen LogP contribution in [0.3, 0.4) is 0 Å². The Kier molecular flexibility index (Phi) is 1.59. The number of fused-ring (bicyclic) bond motifs is 1. The Hall–Kier alpha value is -1.35. The number of rotatable bonds is 1. The van der Waals surface area contributed by atoms with E-state index in [1.54, 1.807) is 18.2 Å². The molecule has 12 heavy (non-hydrogen) atoms. The average Bonchev–Trinajstić information content (AvgIpc) is 2.49. The highest BCUT2D eigenvalue weighted by molar-refractivity contribution is 6.35. The molecule has 1 aromatic heterocycles. The van der Waals surface area contributed by atoms with Crippen molar-refractivity contribution in [2.24, 2.45) is 0 Å². The Morgan fingerprint density at radius 3 is 3.08 bits per heavy atom. The van der Waals surface area contributed by atoms with E-state index in [0.29, 0.717) is 22.5 Å². The van der Waals surface area contributed by atoms with Gasteiger partial charge in [-0.05, 0) is 6.07 Å². The molecule has 0 saturated heterocycles. The van der Waals surface area contributed by atoms with Gasteiger partial charge in [0.25, 0.3) is 0 Å². The topological polar surface area (TPSA) is 45.8 Å². The number of halogens is 1. The number of nitrogens with zero attached hydrogens (tertiary/aromatic N) is 1. The molecule has 0 atom stereocenters. The molecule has 0 amide bonds. The molecule has 2 aromatic rings. The normalized spacial score (nSPS) is 10.4. The largest absolute Gasteiger partial charge is 0.296 e. The Balaban J connectivity index is 2.88. The fourth-order valence-electron chi connectivity index (χ4n) is 1.12. The van der Waals surface area contributed by atoms with Gasteiger partial charge in [0, 0.05) is 5.39 Å². The lowest BCUT2D eigenvalue weighted by atomic mass is 10.2. The third-order valence-electron chi connectivity index (χ3n) is 1.69. The molecule has 0 aliphatic heterocycles. The molecule has 0 aliphatic carbocycles. The van der Waals surface area contributed by atoms with Crippen molar-refractivity contribution < 1.29 is 4.79 Å². The van der Waals surface area contributed by atoms with Crippen LogP contribution in [0.2, 0.25) is 5.02 Å². The summed E-state index contributed by atoms with van der Waals surface area (Å²) in [4.78, 5) is 10.5. The van der Waals surface area contributed by atoms with Gasteiger partial charge >= 0.3 is 0 Å². The van der Waals surface area contributed by atoms with Crippen LogP contribution in [0.1, 0.15) is 10.5 Å². The minimum absolute atomic E-state index is 0.396. The molecule has 0 radical (unpaired) electrons. The highest BCUT2D eigenvalue weighted by Gasteiger charge is 2.05. The maximum Gasteiger partial charge on any atom is 0.170 e. The van der Waals surface area contributed by atoms with Crippen molar-refractivity contribution in [3.63, 3.8) is 0 Å². The lowest BCUT2D eigenvalue weighted by Gasteiger charge is -1.90. The second-order valence-electron chi connectivity index (χ2n) is 2.39. The molecule has 2 rings (SSSR count). The highest BCUT2D eigenvalue weighted by Crippen LogP contribution is 2.22. The Morgan fingerprint density at radius 1 is 1.50 bits per heavy atom. The molecule has 0 spiro atoms. The van der Waals surface area contributed by atoms with Gasteiger partial charge in [-0.3, -0.25) is 9.89 Å². The summed E-state index contributed by atoms with van der Waals surface area (Å²) in [6.45, 7) is 0. The average molecular weight is 181 g/mol. The van der Waals surface area contributed by atoms with Crippen LogP contribution in [0.4, 0.5) is 0 Å². The Bertz CT molecular complexity index is 436. The summed E-state index contributed by atoms with van der Waals surface area (Å²) in [6.07, 6.45) is 0.704. The molecule has 4 heteroatoms. The molecule has 0 aliphatic rings. The summed E-state index contributed by atoms with van der Waals surface area (Å²) in [5.74, 6) is 0. The van der Waals surface area contributed by atoms with Crippen molar-refractivity contribution in [2.75, 3.05) is 0 Å². The second kappa shape index (κ2) is 2.60. The maximum absolute atomic E-state index is 10.5. The number of aldehydes is 1. The Morgan fingerprint density at radius 2 is 2.33 bits per heavy atom. The van der Waals surface area contributed by atoms with E-state index in [9.17, 15) is 4.79 Å². The summed E-state index contributed by atoms with van der Waals surface area (Å²) >= 11 is 5.84. The fraction of sp³-hybridized carbons (Fsp3) is 0. The highest BCUT2D eigenvalue weighted by atomic mass is 35.5. The standard InChI is InChI=1S/C8H5ClN2O/c9-6-3-1-2-5-7(4-12)10-11-8(5)6/h1-4H,(H,10,11). The first kappa shape index (κ1) is 7.31. The lowest BCUT2D eigenvalue weighted by molar-refractivity contribution is 0.112. The maximum atomic E-state index is 10.5. The number of nitrogens with one attached hydrogen (secondary N) is 1. The van der Waals surface area contributed by atoms with Crippen LogP contribution < -0.4 is 0 Å². The van der Waals surface area contributed by atoms with Crippen molar-refractivity contribution in [1.29, 1.82) is 0 Å². The first-order valence-corrected chi connectivity index (χ1v) is 3.78. The number of hydrogen-bond acceptors (Lipinski definition) is 2. The zero-order valence-electron chi connectivity index (χ0n) is 6.04. The van der Waals surface area contributed by atoms with Gasteiger partial charge in [-0.1, -0.05) is 23.7 Å². The Labute approximate surface area is 73.3 Å². The van der Waals surface area contributed by atoms with Crippen LogP contribution in [0.25, 0.3) is 10.9 Å². The van der Waals surface area contributed by atoms with Crippen LogP contribution in [0.15, 0.2) is 18.2 Å². The summed E-state index contributed by atoms with van der Waals surface area (Å²) in [5, 5.41) is 7.83. The fourth-order valence-corrected chi connectivity index (χ4v) is 1.33. The van der Waals surface area contributed by atoms with Crippen LogP contribution >= 0.6 is 11.6 Å². The van der Waals surface area contributed by atoms with Crippen molar-refractivity contribution in [3.8, 4) is 0 Å². The van der Waals surface area contributed by atoms with E-state index >= 15 is 0 Å². The number of aromatic amines is 1. The summed E-state index contributed by atoms with van der Waals surface area (Å²) in [5.41, 5.74) is 1.11. The molecular formula is C8H5ClN2O. The number of para-hydroxylation sites is 1. The third kappa shape index (κ3) is 0.905. The molecule has 0 unspecified atom stereocenters. The van der Waals surface area contributed by atoms with E-state index in [-0.39, 0.29) is 0 Å². The van der Waals surface area contributed by atoms with Gasteiger partial charge in [-0.2, -0.15) is 5.10 Å². The van der Waals surface area contributed by atoms with E-state index in [1.165, 1.54) is 0 Å². The van der Waals surface area contributed by atoms with E-state index in [1.807, 2.05) is 0 Å². The molecular weight excluding hydrogens is 176 g/mol. The van der Waals surface area contributed by atoms with Crippen LogP contribution in [0.5, 0.6) is 0 Å². The van der Waals surface area contributed by atoms with Crippen LogP contribution in [0, 0.1) is 0 Å². The summed E-state index contributed by atoms with van der Waals surface area (Å²) in [6, 6.07) is 5.33. The smallest absolute Gasteiger partial charge is 0.170 e. The van der Waals surface area contributed by atoms with E-state index in [4.69, 9.17) is 11.6 Å². The van der Waals surface area contributed by atoms with E-state index < -0.39 is 0 Å². The number of carbonyl (C=O) groups excluding carboxylic acids is 1. The van der Waals surface area contributed by atoms with Gasteiger partial charge in [0.05, 0.1) is 10.5 Å². The molecule has 60 valence electrons. The molecule has 1 N–H and O–H groups in total. The number of H-pyrrole nitrogens is 1. The van der Waals surface area contributed by atoms with Crippen molar-refractivity contribution in [3.05, 3.63) is 28.9 Å². The molecule has 1 heterocycles. The minimum atomic E-state index is 0.396. The molecule has 3 nitrogen and oxygen atoms in total. The number of benzene rings is 1. The monoisotopic (exact) mass is 180 g/mol. The minimum Gasteiger partial charge on any atom is -0.296 e. The number of aromatic nitrogens is 2. The van der Waals surface area contributed by atoms with Crippen LogP contribution in [-0.2, 0) is 0 Å². The zero-order chi connectivity index (χ0) is 8.55. The molecule has 0 bridgehead atoms. The number of carbonyl (C=O) groups is 1. The van der Waals surface area contributed by atoms with E-state index in [2.05, 4.69) is 10.2 Å². The SMILES string of the molecule is O=Cc1n[nH]c2c(Cl)cccc12. The van der Waals surface area contributed by atoms with Gasteiger partial charge in [-0.15, -0.1) is 0 Å². The first-order chi connectivity index (χ1) is 5.83. The molecule has 0 fully saturated rings. The predicted molar refractivity (Wildman–Crippen MR) is 46.5 cm³/mol. The first-order valence-electron chi connectivity index (χ1n) is 3.40. The number of hydrogen-bond donors (Lipinski definition) is 1. The van der Waals surface area contributed by atoms with Crippen molar-refractivity contribution in [1.82, 2.24) is 10.2 Å². The zero-order valence-corrected chi connectivity index (χ0v) is 6.80. The van der Waals surface area contributed by atoms with Gasteiger partial charge < -0.3 is 0 Å². The third-order valence-corrected chi connectivity index (χ3v) is 2.00. The molecule has 1 aromatic carbocycles. The quantitative estimate of drug-likeness (QED) is 0.683. The van der Waals surface area contributed by atoms with Gasteiger partial charge in [-0.25, -0.2) is 0 Å². The predicted octanol–water partition coefficient (Wildman–Crippen LogP) is 2.03. The van der Waals surface area contributed by atoms with Gasteiger partial charge in [0.1, 0.15) is 5.69 Å². The van der Waals surface area contributed by atoms with Crippen molar-refractivity contribution in [2.45, 2.75) is 0 Å². The van der Waals surface area contributed by atoms with Gasteiger partial charge in [0.2, 0.25) is 0 Å². The summed E-state index contributed by atoms with van der Waals surface area (Å²) < 4.78 is 0. The van der Waals surface area contributed by atoms with Crippen LogP contribution in [-0.4, -0.2) is 16.5 Å².